The number of rotatable bonds is 7. The van der Waals surface area contributed by atoms with Crippen molar-refractivity contribution in [3.63, 3.8) is 0 Å². The Labute approximate surface area is 192 Å². The average molecular weight is 508 g/mol. The van der Waals surface area contributed by atoms with Crippen LogP contribution in [0.2, 0.25) is 10.0 Å². The topological polar surface area (TPSA) is 59.9 Å². The summed E-state index contributed by atoms with van der Waals surface area (Å²) in [6, 6.07) is 17.7. The molecular weight excluding hydrogens is 491 g/mol. The molecule has 0 heterocycles. The van der Waals surface area contributed by atoms with Crippen molar-refractivity contribution in [1.82, 2.24) is 5.43 Å². The first-order valence-corrected chi connectivity index (χ1v) is 10.4. The van der Waals surface area contributed by atoms with E-state index in [9.17, 15) is 4.79 Å². The Morgan fingerprint density at radius 2 is 1.90 bits per heavy atom. The molecule has 30 heavy (non-hydrogen) atoms. The van der Waals surface area contributed by atoms with Gasteiger partial charge in [-0.25, -0.2) is 5.43 Å². The minimum atomic E-state index is -0.393. The molecule has 0 unspecified atom stereocenters. The molecule has 0 saturated heterocycles. The maximum absolute atomic E-state index is 12.4. The van der Waals surface area contributed by atoms with Crippen LogP contribution in [0.3, 0.4) is 0 Å². The highest BCUT2D eigenvalue weighted by Gasteiger charge is 2.12. The van der Waals surface area contributed by atoms with Crippen LogP contribution < -0.4 is 14.9 Å². The maximum Gasteiger partial charge on any atom is 0.275 e. The fourth-order valence-corrected chi connectivity index (χ4v) is 3.42. The van der Waals surface area contributed by atoms with Gasteiger partial charge in [-0.1, -0.05) is 57.3 Å². The molecule has 0 radical (unpaired) electrons. The quantitative estimate of drug-likeness (QED) is 0.310. The molecule has 3 aromatic carbocycles. The van der Waals surface area contributed by atoms with Gasteiger partial charge in [-0.2, -0.15) is 5.10 Å². The minimum absolute atomic E-state index is 0.266. The predicted molar refractivity (Wildman–Crippen MR) is 123 cm³/mol. The lowest BCUT2D eigenvalue weighted by molar-refractivity contribution is 0.0952. The van der Waals surface area contributed by atoms with Crippen LogP contribution in [0.5, 0.6) is 11.5 Å². The molecular formula is C22H17BrCl2N2O3. The molecule has 0 bridgehead atoms. The molecule has 3 rings (SSSR count). The zero-order valence-corrected chi connectivity index (χ0v) is 19.0. The van der Waals surface area contributed by atoms with Crippen molar-refractivity contribution in [3.8, 4) is 11.5 Å². The molecule has 0 aromatic heterocycles. The van der Waals surface area contributed by atoms with Crippen molar-refractivity contribution in [2.45, 2.75) is 6.61 Å². The van der Waals surface area contributed by atoms with Crippen LogP contribution in [0.1, 0.15) is 21.5 Å². The number of nitrogens with zero attached hydrogens (tertiary/aromatic N) is 1. The van der Waals surface area contributed by atoms with E-state index >= 15 is 0 Å². The zero-order valence-electron chi connectivity index (χ0n) is 15.9. The molecule has 5 nitrogen and oxygen atoms in total. The lowest BCUT2D eigenvalue weighted by Gasteiger charge is -2.10. The van der Waals surface area contributed by atoms with Gasteiger partial charge in [0.1, 0.15) is 18.1 Å². The normalized spacial score (nSPS) is 10.8. The van der Waals surface area contributed by atoms with E-state index in [0.29, 0.717) is 32.7 Å². The first-order chi connectivity index (χ1) is 14.5. The first kappa shape index (κ1) is 22.2. The Bertz CT molecular complexity index is 1090. The molecule has 0 saturated carbocycles. The summed E-state index contributed by atoms with van der Waals surface area (Å²) in [5, 5.41) is 5.14. The molecule has 0 spiro atoms. The molecule has 1 N–H and O–H groups in total. The van der Waals surface area contributed by atoms with Crippen molar-refractivity contribution >= 4 is 51.3 Å². The maximum atomic E-state index is 12.4. The average Bonchev–Trinajstić information content (AvgIpc) is 2.74. The van der Waals surface area contributed by atoms with Crippen LogP contribution >= 0.6 is 39.1 Å². The van der Waals surface area contributed by atoms with Crippen LogP contribution in [0.4, 0.5) is 0 Å². The predicted octanol–water partition coefficient (Wildman–Crippen LogP) is 6.11. The van der Waals surface area contributed by atoms with Gasteiger partial charge in [0, 0.05) is 25.6 Å². The van der Waals surface area contributed by atoms with Crippen molar-refractivity contribution < 1.29 is 14.3 Å². The van der Waals surface area contributed by atoms with Crippen LogP contribution in [0, 0.1) is 0 Å². The largest absolute Gasteiger partial charge is 0.496 e. The standard InChI is InChI=1S/C22H17BrCl2N2O3/c1-29-21-9-7-16(23)10-18(21)22(28)27-26-12-14-4-2-3-5-20(14)30-13-15-6-8-17(24)11-19(15)25/h2-12H,13H2,1H3,(H,27,28)/b26-12-. The first-order valence-electron chi connectivity index (χ1n) is 8.80. The number of carbonyl (C=O) groups excluding carboxylic acids is 1. The monoisotopic (exact) mass is 506 g/mol. The summed E-state index contributed by atoms with van der Waals surface area (Å²) in [5.41, 5.74) is 4.38. The molecule has 1 amide bonds. The molecule has 0 aliphatic rings. The fourth-order valence-electron chi connectivity index (χ4n) is 2.59. The summed E-state index contributed by atoms with van der Waals surface area (Å²) in [5.74, 6) is 0.659. The Hall–Kier alpha value is -2.54. The van der Waals surface area contributed by atoms with E-state index in [1.807, 2.05) is 30.3 Å². The van der Waals surface area contributed by atoms with Gasteiger partial charge in [-0.05, 0) is 42.5 Å². The molecule has 3 aromatic rings. The summed E-state index contributed by atoms with van der Waals surface area (Å²) in [7, 11) is 1.50. The number of carbonyl (C=O) groups is 1. The molecule has 0 atom stereocenters. The van der Waals surface area contributed by atoms with E-state index in [-0.39, 0.29) is 6.61 Å². The van der Waals surface area contributed by atoms with Crippen molar-refractivity contribution in [2.75, 3.05) is 7.11 Å². The summed E-state index contributed by atoms with van der Waals surface area (Å²) >= 11 is 15.5. The van der Waals surface area contributed by atoms with Gasteiger partial charge in [0.15, 0.2) is 0 Å². The smallest absolute Gasteiger partial charge is 0.275 e. The number of halogens is 3. The SMILES string of the molecule is COc1ccc(Br)cc1C(=O)N/N=C\c1ccccc1OCc1ccc(Cl)cc1Cl. The number of amides is 1. The van der Waals surface area contributed by atoms with Crippen LogP contribution in [0.25, 0.3) is 0 Å². The Morgan fingerprint density at radius 3 is 2.67 bits per heavy atom. The summed E-state index contributed by atoms with van der Waals surface area (Å²) in [6.07, 6.45) is 1.52. The third kappa shape index (κ3) is 5.75. The van der Waals surface area contributed by atoms with Crippen molar-refractivity contribution in [3.05, 3.63) is 91.9 Å². The molecule has 154 valence electrons. The highest BCUT2D eigenvalue weighted by atomic mass is 79.9. The number of nitrogens with one attached hydrogen (secondary N) is 1. The molecule has 0 fully saturated rings. The van der Waals surface area contributed by atoms with Gasteiger partial charge in [0.2, 0.25) is 0 Å². The van der Waals surface area contributed by atoms with Gasteiger partial charge >= 0.3 is 0 Å². The minimum Gasteiger partial charge on any atom is -0.496 e. The number of para-hydroxylation sites is 1. The highest BCUT2D eigenvalue weighted by Crippen LogP contribution is 2.24. The van der Waals surface area contributed by atoms with E-state index < -0.39 is 5.91 Å². The third-order valence-corrected chi connectivity index (χ3v) is 5.17. The number of hydrogen-bond acceptors (Lipinski definition) is 4. The Morgan fingerprint density at radius 1 is 1.10 bits per heavy atom. The van der Waals surface area contributed by atoms with Gasteiger partial charge in [0.05, 0.1) is 18.9 Å². The third-order valence-electron chi connectivity index (χ3n) is 4.09. The van der Waals surface area contributed by atoms with Gasteiger partial charge in [-0.15, -0.1) is 0 Å². The lowest BCUT2D eigenvalue weighted by atomic mass is 10.2. The molecule has 8 heteroatoms. The van der Waals surface area contributed by atoms with E-state index in [1.165, 1.54) is 13.3 Å². The van der Waals surface area contributed by atoms with Gasteiger partial charge < -0.3 is 9.47 Å². The zero-order chi connectivity index (χ0) is 21.5. The van der Waals surface area contributed by atoms with Crippen LogP contribution in [-0.4, -0.2) is 19.2 Å². The van der Waals surface area contributed by atoms with Crippen molar-refractivity contribution in [2.24, 2.45) is 5.10 Å². The van der Waals surface area contributed by atoms with E-state index in [4.69, 9.17) is 32.7 Å². The Balaban J connectivity index is 1.69. The summed E-state index contributed by atoms with van der Waals surface area (Å²) in [6.45, 7) is 0.266. The number of hydrogen-bond donors (Lipinski definition) is 1. The van der Waals surface area contributed by atoms with E-state index in [0.717, 1.165) is 10.0 Å². The second-order valence-corrected chi connectivity index (χ2v) is 7.87. The molecule has 0 aliphatic carbocycles. The van der Waals surface area contributed by atoms with Gasteiger partial charge in [-0.3, -0.25) is 4.79 Å². The van der Waals surface area contributed by atoms with Gasteiger partial charge in [0.25, 0.3) is 5.91 Å². The summed E-state index contributed by atoms with van der Waals surface area (Å²) in [4.78, 5) is 12.4. The number of ether oxygens (including phenoxy) is 2. The van der Waals surface area contributed by atoms with E-state index in [1.54, 1.807) is 30.3 Å². The second kappa shape index (κ2) is 10.5. The summed E-state index contributed by atoms with van der Waals surface area (Å²) < 4.78 is 11.9. The molecule has 0 aliphatic heterocycles. The van der Waals surface area contributed by atoms with Crippen molar-refractivity contribution in [1.29, 1.82) is 0 Å². The highest BCUT2D eigenvalue weighted by molar-refractivity contribution is 9.10. The number of benzene rings is 3. The lowest BCUT2D eigenvalue weighted by Crippen LogP contribution is -2.18. The van der Waals surface area contributed by atoms with E-state index in [2.05, 4.69) is 26.5 Å². The second-order valence-electron chi connectivity index (χ2n) is 6.11. The Kier molecular flexibility index (Phi) is 7.74. The van der Waals surface area contributed by atoms with Crippen LogP contribution in [0.15, 0.2) is 70.2 Å². The van der Waals surface area contributed by atoms with Crippen LogP contribution in [-0.2, 0) is 6.61 Å². The number of hydrazone groups is 1. The fraction of sp³-hybridized carbons (Fsp3) is 0.0909. The number of methoxy groups -OCH3 is 1.